The van der Waals surface area contributed by atoms with E-state index in [1.165, 1.54) is 6.92 Å². The van der Waals surface area contributed by atoms with Crippen LogP contribution in [0.25, 0.3) is 0 Å². The Morgan fingerprint density at radius 3 is 2.30 bits per heavy atom. The summed E-state index contributed by atoms with van der Waals surface area (Å²) in [6.07, 6.45) is 0. The van der Waals surface area contributed by atoms with E-state index < -0.39 is 0 Å². The van der Waals surface area contributed by atoms with Crippen molar-refractivity contribution in [1.29, 1.82) is 0 Å². The Labute approximate surface area is 117 Å². The van der Waals surface area contributed by atoms with Crippen molar-refractivity contribution in [1.82, 2.24) is 0 Å². The fourth-order valence-corrected chi connectivity index (χ4v) is 1.87. The number of nitrogens with two attached hydrogens (primary N) is 1. The fraction of sp³-hybridized carbons (Fsp3) is 0.125. The SMILES string of the molecule is CC(=O)c1ccc(NC(=O)c2cccc(C)c2N)cc1. The largest absolute Gasteiger partial charge is 0.398 e. The van der Waals surface area contributed by atoms with Crippen molar-refractivity contribution < 1.29 is 9.59 Å². The Morgan fingerprint density at radius 2 is 1.70 bits per heavy atom. The molecule has 2 aromatic rings. The number of hydrogen-bond acceptors (Lipinski definition) is 3. The van der Waals surface area contributed by atoms with Gasteiger partial charge in [-0.25, -0.2) is 0 Å². The summed E-state index contributed by atoms with van der Waals surface area (Å²) in [5, 5.41) is 2.76. The van der Waals surface area contributed by atoms with E-state index in [-0.39, 0.29) is 11.7 Å². The van der Waals surface area contributed by atoms with Crippen LogP contribution in [0, 0.1) is 6.92 Å². The monoisotopic (exact) mass is 268 g/mol. The Morgan fingerprint density at radius 1 is 1.05 bits per heavy atom. The number of hydrogen-bond donors (Lipinski definition) is 2. The molecule has 102 valence electrons. The van der Waals surface area contributed by atoms with Crippen LogP contribution in [0.1, 0.15) is 33.2 Å². The first-order valence-electron chi connectivity index (χ1n) is 6.26. The Hall–Kier alpha value is -2.62. The van der Waals surface area contributed by atoms with Crippen LogP contribution in [0.5, 0.6) is 0 Å². The molecule has 1 amide bonds. The van der Waals surface area contributed by atoms with Gasteiger partial charge in [-0.2, -0.15) is 0 Å². The second-order valence-electron chi connectivity index (χ2n) is 4.62. The Balaban J connectivity index is 2.19. The lowest BCUT2D eigenvalue weighted by Crippen LogP contribution is -2.14. The topological polar surface area (TPSA) is 72.2 Å². The van der Waals surface area contributed by atoms with Crippen molar-refractivity contribution >= 4 is 23.1 Å². The second-order valence-corrected chi connectivity index (χ2v) is 4.62. The van der Waals surface area contributed by atoms with Gasteiger partial charge in [0.2, 0.25) is 0 Å². The number of ketones is 1. The van der Waals surface area contributed by atoms with E-state index in [4.69, 9.17) is 5.73 Å². The highest BCUT2D eigenvalue weighted by atomic mass is 16.1. The summed E-state index contributed by atoms with van der Waals surface area (Å²) in [5.41, 5.74) is 8.92. The molecule has 0 unspecified atom stereocenters. The number of rotatable bonds is 3. The van der Waals surface area contributed by atoms with Crippen LogP contribution in [-0.2, 0) is 0 Å². The zero-order valence-corrected chi connectivity index (χ0v) is 11.4. The van der Waals surface area contributed by atoms with Gasteiger partial charge in [-0.15, -0.1) is 0 Å². The molecule has 4 nitrogen and oxygen atoms in total. The number of carbonyl (C=O) groups is 2. The lowest BCUT2D eigenvalue weighted by molar-refractivity contribution is 0.101. The molecular weight excluding hydrogens is 252 g/mol. The predicted molar refractivity (Wildman–Crippen MR) is 80.0 cm³/mol. The van der Waals surface area contributed by atoms with Gasteiger partial charge in [-0.05, 0) is 49.7 Å². The average molecular weight is 268 g/mol. The molecule has 3 N–H and O–H groups in total. The van der Waals surface area contributed by atoms with Crippen molar-refractivity contribution in [3.63, 3.8) is 0 Å². The van der Waals surface area contributed by atoms with Gasteiger partial charge < -0.3 is 11.1 Å². The predicted octanol–water partition coefficient (Wildman–Crippen LogP) is 3.03. The molecule has 0 spiro atoms. The maximum atomic E-state index is 12.1. The third-order valence-corrected chi connectivity index (χ3v) is 3.12. The highest BCUT2D eigenvalue weighted by Crippen LogP contribution is 2.18. The number of anilines is 2. The van der Waals surface area contributed by atoms with Crippen LogP contribution >= 0.6 is 0 Å². The number of carbonyl (C=O) groups excluding carboxylic acids is 2. The minimum Gasteiger partial charge on any atom is -0.398 e. The van der Waals surface area contributed by atoms with Crippen LogP contribution < -0.4 is 11.1 Å². The minimum absolute atomic E-state index is 0.00851. The van der Waals surface area contributed by atoms with Crippen molar-refractivity contribution in [3.05, 3.63) is 59.2 Å². The molecule has 0 heterocycles. The number of aryl methyl sites for hydroxylation is 1. The molecule has 2 rings (SSSR count). The molecule has 0 bridgehead atoms. The first kappa shape index (κ1) is 13.8. The summed E-state index contributed by atoms with van der Waals surface area (Å²) in [6, 6.07) is 12.1. The van der Waals surface area contributed by atoms with Crippen molar-refractivity contribution in [2.24, 2.45) is 0 Å². The van der Waals surface area contributed by atoms with E-state index in [1.54, 1.807) is 36.4 Å². The van der Waals surface area contributed by atoms with E-state index in [2.05, 4.69) is 5.32 Å². The first-order chi connectivity index (χ1) is 9.49. The van der Waals surface area contributed by atoms with E-state index in [0.29, 0.717) is 22.5 Å². The summed E-state index contributed by atoms with van der Waals surface area (Å²) < 4.78 is 0. The highest BCUT2D eigenvalue weighted by molar-refractivity contribution is 6.08. The third-order valence-electron chi connectivity index (χ3n) is 3.12. The van der Waals surface area contributed by atoms with E-state index in [9.17, 15) is 9.59 Å². The third kappa shape index (κ3) is 2.85. The molecular formula is C16H16N2O2. The quantitative estimate of drug-likeness (QED) is 0.664. The van der Waals surface area contributed by atoms with E-state index >= 15 is 0 Å². The first-order valence-corrected chi connectivity index (χ1v) is 6.26. The average Bonchev–Trinajstić information content (AvgIpc) is 2.42. The number of nitrogen functional groups attached to an aromatic ring is 1. The number of amides is 1. The van der Waals surface area contributed by atoms with Gasteiger partial charge in [0.1, 0.15) is 0 Å². The Bertz CT molecular complexity index is 661. The van der Waals surface area contributed by atoms with Gasteiger partial charge in [0.25, 0.3) is 5.91 Å². The van der Waals surface area contributed by atoms with Gasteiger partial charge in [0, 0.05) is 16.9 Å². The molecule has 0 radical (unpaired) electrons. The van der Waals surface area contributed by atoms with Crippen molar-refractivity contribution in [2.45, 2.75) is 13.8 Å². The molecule has 0 aliphatic heterocycles. The lowest BCUT2D eigenvalue weighted by atomic mass is 10.1. The summed E-state index contributed by atoms with van der Waals surface area (Å²) in [4.78, 5) is 23.3. The maximum absolute atomic E-state index is 12.1. The van der Waals surface area contributed by atoms with Crippen molar-refractivity contribution in [2.75, 3.05) is 11.1 Å². The molecule has 0 saturated heterocycles. The molecule has 0 aliphatic carbocycles. The maximum Gasteiger partial charge on any atom is 0.257 e. The van der Waals surface area contributed by atoms with Gasteiger partial charge in [-0.1, -0.05) is 12.1 Å². The van der Waals surface area contributed by atoms with Gasteiger partial charge >= 0.3 is 0 Å². The van der Waals surface area contributed by atoms with Gasteiger partial charge in [0.15, 0.2) is 5.78 Å². The molecule has 0 atom stereocenters. The molecule has 2 aromatic carbocycles. The zero-order valence-electron chi connectivity index (χ0n) is 11.4. The molecule has 0 aliphatic rings. The second kappa shape index (κ2) is 5.57. The number of benzene rings is 2. The fourth-order valence-electron chi connectivity index (χ4n) is 1.87. The smallest absolute Gasteiger partial charge is 0.257 e. The Kier molecular flexibility index (Phi) is 3.84. The standard InChI is InChI=1S/C16H16N2O2/c1-10-4-3-5-14(15(10)17)16(20)18-13-8-6-12(7-9-13)11(2)19/h3-9H,17H2,1-2H3,(H,18,20). The summed E-state index contributed by atoms with van der Waals surface area (Å²) >= 11 is 0. The highest BCUT2D eigenvalue weighted by Gasteiger charge is 2.11. The number of para-hydroxylation sites is 1. The molecule has 0 aromatic heterocycles. The van der Waals surface area contributed by atoms with E-state index in [0.717, 1.165) is 5.56 Å². The van der Waals surface area contributed by atoms with Crippen molar-refractivity contribution in [3.8, 4) is 0 Å². The lowest BCUT2D eigenvalue weighted by Gasteiger charge is -2.09. The molecule has 20 heavy (non-hydrogen) atoms. The van der Waals surface area contributed by atoms with Gasteiger partial charge in [-0.3, -0.25) is 9.59 Å². The van der Waals surface area contributed by atoms with Crippen LogP contribution in [0.15, 0.2) is 42.5 Å². The molecule has 0 saturated carbocycles. The minimum atomic E-state index is -0.262. The summed E-state index contributed by atoms with van der Waals surface area (Å²) in [5.74, 6) is -0.271. The number of nitrogens with one attached hydrogen (secondary N) is 1. The van der Waals surface area contributed by atoms with Crippen LogP contribution in [0.4, 0.5) is 11.4 Å². The normalized spacial score (nSPS) is 10.1. The number of Topliss-reactive ketones (excluding diaryl/α,β-unsaturated/α-hetero) is 1. The zero-order chi connectivity index (χ0) is 14.7. The summed E-state index contributed by atoms with van der Waals surface area (Å²) in [6.45, 7) is 3.36. The van der Waals surface area contributed by atoms with Crippen LogP contribution in [0.2, 0.25) is 0 Å². The molecule has 0 fully saturated rings. The van der Waals surface area contributed by atoms with Crippen LogP contribution in [0.3, 0.4) is 0 Å². The van der Waals surface area contributed by atoms with Crippen LogP contribution in [-0.4, -0.2) is 11.7 Å². The van der Waals surface area contributed by atoms with Gasteiger partial charge in [0.05, 0.1) is 5.56 Å². The molecule has 4 heteroatoms. The van der Waals surface area contributed by atoms with E-state index in [1.807, 2.05) is 13.0 Å². The summed E-state index contributed by atoms with van der Waals surface area (Å²) in [7, 11) is 0.